The summed E-state index contributed by atoms with van der Waals surface area (Å²) in [5.74, 6) is 0.736. The van der Waals surface area contributed by atoms with Crippen LogP contribution < -0.4 is 0 Å². The van der Waals surface area contributed by atoms with Crippen molar-refractivity contribution in [2.75, 3.05) is 30.5 Å². The smallest absolute Gasteiger partial charge is 0.316 e. The zero-order valence-electron chi connectivity index (χ0n) is 15.4. The molecule has 2 atom stereocenters. The molecule has 0 saturated carbocycles. The number of hydrogen-bond acceptors (Lipinski definition) is 7. The predicted molar refractivity (Wildman–Crippen MR) is 114 cm³/mol. The Morgan fingerprint density at radius 3 is 3.00 bits per heavy atom. The number of carbonyl (C=O) groups is 1. The molecule has 0 saturated heterocycles. The van der Waals surface area contributed by atoms with E-state index in [9.17, 15) is 9.00 Å². The van der Waals surface area contributed by atoms with Gasteiger partial charge in [-0.1, -0.05) is 43.3 Å². The summed E-state index contributed by atoms with van der Waals surface area (Å²) in [5, 5.41) is 0. The van der Waals surface area contributed by atoms with Crippen LogP contribution in [0.2, 0.25) is 0 Å². The Balaban J connectivity index is 1.84. The summed E-state index contributed by atoms with van der Waals surface area (Å²) in [6, 6.07) is 7.87. The summed E-state index contributed by atoms with van der Waals surface area (Å²) in [7, 11) is -1.02. The minimum Gasteiger partial charge on any atom is -0.458 e. The maximum Gasteiger partial charge on any atom is 0.316 e. The fourth-order valence-corrected chi connectivity index (χ4v) is 5.46. The maximum atomic E-state index is 12.2. The molecule has 2 aromatic rings. The number of nitrogens with zero attached hydrogens (tertiary/aromatic N) is 1. The number of esters is 1. The van der Waals surface area contributed by atoms with Gasteiger partial charge in [-0.05, 0) is 18.6 Å². The highest BCUT2D eigenvalue weighted by atomic mass is 32.2. The summed E-state index contributed by atoms with van der Waals surface area (Å²) < 4.78 is 25.0. The van der Waals surface area contributed by atoms with Crippen LogP contribution in [0.1, 0.15) is 19.8 Å². The average Bonchev–Trinajstić information content (AvgIpc) is 3.08. The zero-order chi connectivity index (χ0) is 19.5. The van der Waals surface area contributed by atoms with Gasteiger partial charge in [0.25, 0.3) is 0 Å². The van der Waals surface area contributed by atoms with Crippen molar-refractivity contribution < 1.29 is 18.5 Å². The highest BCUT2D eigenvalue weighted by molar-refractivity contribution is 8.01. The summed E-state index contributed by atoms with van der Waals surface area (Å²) >= 11 is 2.91. The number of carbonyl (C=O) groups excluding carboxylic acids is 1. The van der Waals surface area contributed by atoms with Crippen LogP contribution in [0, 0.1) is 0 Å². The van der Waals surface area contributed by atoms with Gasteiger partial charge in [-0.25, -0.2) is 4.98 Å². The SMILES string of the molecule is C=CCOCC(CS(=O)CCCC)OC(=O)CSc1nc2ccccc2s1. The molecule has 1 heterocycles. The molecule has 0 N–H and O–H groups in total. The molecule has 0 aliphatic rings. The number of rotatable bonds is 13. The topological polar surface area (TPSA) is 65.5 Å². The predicted octanol–water partition coefficient (Wildman–Crippen LogP) is 4.05. The zero-order valence-corrected chi connectivity index (χ0v) is 17.9. The highest BCUT2D eigenvalue weighted by Gasteiger charge is 2.18. The van der Waals surface area contributed by atoms with E-state index in [0.717, 1.165) is 27.4 Å². The van der Waals surface area contributed by atoms with E-state index in [1.807, 2.05) is 24.3 Å². The lowest BCUT2D eigenvalue weighted by Gasteiger charge is -2.17. The van der Waals surface area contributed by atoms with Crippen molar-refractivity contribution in [1.29, 1.82) is 0 Å². The van der Waals surface area contributed by atoms with Gasteiger partial charge in [-0.2, -0.15) is 0 Å². The Morgan fingerprint density at radius 1 is 1.44 bits per heavy atom. The summed E-state index contributed by atoms with van der Waals surface area (Å²) in [5.41, 5.74) is 0.931. The molecule has 0 fully saturated rings. The third-order valence-electron chi connectivity index (χ3n) is 3.52. The van der Waals surface area contributed by atoms with Crippen LogP contribution in [0.3, 0.4) is 0 Å². The average molecular weight is 428 g/mol. The fourth-order valence-electron chi connectivity index (χ4n) is 2.25. The van der Waals surface area contributed by atoms with Crippen molar-refractivity contribution >= 4 is 50.1 Å². The minimum absolute atomic E-state index is 0.166. The van der Waals surface area contributed by atoms with Crippen molar-refractivity contribution in [3.05, 3.63) is 36.9 Å². The molecule has 0 aliphatic carbocycles. The molecule has 2 unspecified atom stereocenters. The van der Waals surface area contributed by atoms with E-state index in [1.165, 1.54) is 11.8 Å². The van der Waals surface area contributed by atoms with Gasteiger partial charge in [0.05, 0.1) is 34.9 Å². The fraction of sp³-hybridized carbons (Fsp3) is 0.474. The van der Waals surface area contributed by atoms with Crippen LogP contribution in [0.5, 0.6) is 0 Å². The van der Waals surface area contributed by atoms with E-state index >= 15 is 0 Å². The van der Waals surface area contributed by atoms with E-state index in [4.69, 9.17) is 9.47 Å². The molecule has 0 radical (unpaired) electrons. The molecule has 0 bridgehead atoms. The highest BCUT2D eigenvalue weighted by Crippen LogP contribution is 2.29. The maximum absolute atomic E-state index is 12.2. The lowest BCUT2D eigenvalue weighted by atomic mass is 10.3. The first-order valence-electron chi connectivity index (χ1n) is 8.83. The molecule has 27 heavy (non-hydrogen) atoms. The molecule has 148 valence electrons. The summed E-state index contributed by atoms with van der Waals surface area (Å²) in [4.78, 5) is 16.7. The van der Waals surface area contributed by atoms with Crippen molar-refractivity contribution in [3.8, 4) is 0 Å². The molecule has 8 heteroatoms. The first-order chi connectivity index (χ1) is 13.1. The molecular weight excluding hydrogens is 402 g/mol. The summed E-state index contributed by atoms with van der Waals surface area (Å²) in [6.07, 6.45) is 3.01. The van der Waals surface area contributed by atoms with Gasteiger partial charge in [0.2, 0.25) is 0 Å². The second-order valence-corrected chi connectivity index (χ2v) is 9.71. The van der Waals surface area contributed by atoms with E-state index < -0.39 is 16.9 Å². The molecule has 0 amide bonds. The molecule has 1 aromatic heterocycles. The van der Waals surface area contributed by atoms with Gasteiger partial charge in [-0.15, -0.1) is 17.9 Å². The number of para-hydroxylation sites is 1. The quantitative estimate of drug-likeness (QED) is 0.208. The van der Waals surface area contributed by atoms with Gasteiger partial charge < -0.3 is 9.47 Å². The van der Waals surface area contributed by atoms with Gasteiger partial charge in [0.1, 0.15) is 6.10 Å². The van der Waals surface area contributed by atoms with Gasteiger partial charge >= 0.3 is 5.97 Å². The van der Waals surface area contributed by atoms with Gasteiger partial charge in [0, 0.05) is 16.6 Å². The number of thioether (sulfide) groups is 1. The lowest BCUT2D eigenvalue weighted by molar-refractivity contribution is -0.147. The Kier molecular flexibility index (Phi) is 10.0. The van der Waals surface area contributed by atoms with Gasteiger partial charge in [-0.3, -0.25) is 9.00 Å². The first kappa shape index (κ1) is 22.1. The van der Waals surface area contributed by atoms with Crippen molar-refractivity contribution in [2.45, 2.75) is 30.2 Å². The van der Waals surface area contributed by atoms with E-state index in [0.29, 0.717) is 18.1 Å². The summed E-state index contributed by atoms with van der Waals surface area (Å²) in [6.45, 7) is 6.25. The Labute approximate surface area is 171 Å². The first-order valence-corrected chi connectivity index (χ1v) is 12.1. The number of ether oxygens (including phenoxy) is 2. The third-order valence-corrected chi connectivity index (χ3v) is 7.16. The van der Waals surface area contributed by atoms with Crippen LogP contribution in [0.25, 0.3) is 10.2 Å². The second-order valence-electron chi connectivity index (χ2n) is 5.84. The van der Waals surface area contributed by atoms with Crippen molar-refractivity contribution in [2.24, 2.45) is 0 Å². The number of aromatic nitrogens is 1. The van der Waals surface area contributed by atoms with Crippen molar-refractivity contribution in [3.63, 3.8) is 0 Å². The number of benzene rings is 1. The van der Waals surface area contributed by atoms with Crippen LogP contribution >= 0.6 is 23.1 Å². The lowest BCUT2D eigenvalue weighted by Crippen LogP contribution is -2.30. The van der Waals surface area contributed by atoms with Crippen LogP contribution in [0.15, 0.2) is 41.3 Å². The minimum atomic E-state index is -1.02. The van der Waals surface area contributed by atoms with Crippen LogP contribution in [-0.2, 0) is 25.1 Å². The van der Waals surface area contributed by atoms with Crippen molar-refractivity contribution in [1.82, 2.24) is 4.98 Å². The molecule has 1 aromatic carbocycles. The van der Waals surface area contributed by atoms with Gasteiger partial charge in [0.15, 0.2) is 4.34 Å². The monoisotopic (exact) mass is 427 g/mol. The Bertz CT molecular complexity index is 729. The standard InChI is InChI=1S/C19H25NO4S3/c1-3-5-11-27(22)14-15(12-23-10-4-2)24-18(21)13-25-19-20-16-8-6-7-9-17(16)26-19/h4,6-9,15H,2-3,5,10-14H2,1H3. The van der Waals surface area contributed by atoms with Crippen LogP contribution in [0.4, 0.5) is 0 Å². The molecule has 5 nitrogen and oxygen atoms in total. The van der Waals surface area contributed by atoms with Crippen LogP contribution in [-0.4, -0.2) is 51.7 Å². The molecule has 0 spiro atoms. The molecular formula is C19H25NO4S3. The van der Waals surface area contributed by atoms with E-state index in [1.54, 1.807) is 17.4 Å². The Hall–Kier alpha value is -1.22. The number of hydrogen-bond donors (Lipinski definition) is 0. The number of fused-ring (bicyclic) bond motifs is 1. The normalized spacial score (nSPS) is 13.4. The number of thiazole rings is 1. The van der Waals surface area contributed by atoms with E-state index in [2.05, 4.69) is 18.5 Å². The molecule has 2 rings (SSSR count). The third kappa shape index (κ3) is 8.13. The second kappa shape index (κ2) is 12.3. The van der Waals surface area contributed by atoms with E-state index in [-0.39, 0.29) is 18.3 Å². The number of unbranched alkanes of at least 4 members (excludes halogenated alkanes) is 1. The largest absolute Gasteiger partial charge is 0.458 e. The molecule has 0 aliphatic heterocycles. The Morgan fingerprint density at radius 2 is 2.26 bits per heavy atom.